The van der Waals surface area contributed by atoms with Gasteiger partial charge in [-0.05, 0) is 105 Å². The van der Waals surface area contributed by atoms with Gasteiger partial charge in [0.1, 0.15) is 61.1 Å². The lowest BCUT2D eigenvalue weighted by Gasteiger charge is -2.47. The number of likely N-dealkylation sites (N-methyl/N-ethyl adjacent to an activating group) is 2. The molecular weight excluding hydrogens is 1030 g/mol. The van der Waals surface area contributed by atoms with Crippen molar-refractivity contribution in [2.45, 2.75) is 217 Å². The highest BCUT2D eigenvalue weighted by molar-refractivity contribution is 5.73. The van der Waals surface area contributed by atoms with Gasteiger partial charge in [-0.2, -0.15) is 0 Å². The molecule has 0 radical (unpaired) electrons. The van der Waals surface area contributed by atoms with E-state index in [0.717, 1.165) is 0 Å². The minimum Gasteiger partial charge on any atom is -0.459 e. The number of aliphatic hydroxyl groups excluding tert-OH is 3. The fraction of sp³-hybridized carbons (Fsp3) is 0.782. The van der Waals surface area contributed by atoms with Crippen LogP contribution in [0.4, 0.5) is 4.39 Å². The molecule has 2 aromatic heterocycles. The Labute approximate surface area is 463 Å². The van der Waals surface area contributed by atoms with E-state index in [2.05, 4.69) is 20.6 Å². The van der Waals surface area contributed by atoms with Crippen LogP contribution in [-0.4, -0.2) is 216 Å². The summed E-state index contributed by atoms with van der Waals surface area (Å²) in [5.41, 5.74) is -2.17. The summed E-state index contributed by atoms with van der Waals surface area (Å²) in [5, 5.41) is 76.4. The molecule has 3 aliphatic rings. The summed E-state index contributed by atoms with van der Waals surface area (Å²) in [5.74, 6) is -2.46. The van der Waals surface area contributed by atoms with Gasteiger partial charge >= 0.3 is 11.9 Å². The summed E-state index contributed by atoms with van der Waals surface area (Å²) >= 11 is 0. The van der Waals surface area contributed by atoms with Crippen LogP contribution in [-0.2, 0) is 60.5 Å². The molecule has 3 fully saturated rings. The number of aliphatic hydroxyl groups is 5. The van der Waals surface area contributed by atoms with E-state index in [1.54, 1.807) is 78.2 Å². The molecule has 0 amide bonds. The molecule has 3 aliphatic heterocycles. The van der Waals surface area contributed by atoms with Crippen molar-refractivity contribution in [3.05, 3.63) is 53.6 Å². The van der Waals surface area contributed by atoms with Crippen LogP contribution in [0, 0.1) is 11.8 Å². The molecule has 23 nitrogen and oxygen atoms in total. The quantitative estimate of drug-likeness (QED) is 0.114. The minimum absolute atomic E-state index is 0.00742. The van der Waals surface area contributed by atoms with Gasteiger partial charge in [-0.3, -0.25) is 9.59 Å². The van der Waals surface area contributed by atoms with Crippen LogP contribution in [0.2, 0.25) is 0 Å². The summed E-state index contributed by atoms with van der Waals surface area (Å²) in [6, 6.07) is 5.22. The third kappa shape index (κ3) is 15.5. The molecule has 0 spiro atoms. The number of rotatable bonds is 18. The van der Waals surface area contributed by atoms with E-state index in [-0.39, 0.29) is 38.2 Å². The van der Waals surface area contributed by atoms with Crippen molar-refractivity contribution in [1.29, 1.82) is 0 Å². The topological polar surface area (TPSA) is 277 Å². The van der Waals surface area contributed by atoms with Gasteiger partial charge in [-0.1, -0.05) is 36.4 Å². The Bertz CT molecular complexity index is 2400. The molecule has 3 aromatic rings. The van der Waals surface area contributed by atoms with E-state index in [1.165, 1.54) is 37.4 Å². The van der Waals surface area contributed by atoms with Gasteiger partial charge in [0.25, 0.3) is 0 Å². The van der Waals surface area contributed by atoms with E-state index in [1.807, 2.05) is 37.7 Å². The maximum Gasteiger partial charge on any atom is 0.311 e. The van der Waals surface area contributed by atoms with Gasteiger partial charge in [0.2, 0.25) is 0 Å². The first-order chi connectivity index (χ1) is 37.2. The van der Waals surface area contributed by atoms with Crippen molar-refractivity contribution in [2.24, 2.45) is 11.8 Å². The van der Waals surface area contributed by atoms with Crippen molar-refractivity contribution in [1.82, 2.24) is 39.8 Å². The smallest absolute Gasteiger partial charge is 0.311 e. The fourth-order valence-corrected chi connectivity index (χ4v) is 11.4. The second-order valence-electron chi connectivity index (χ2n) is 23.0. The zero-order valence-electron chi connectivity index (χ0n) is 48.5. The number of esters is 2. The number of hydrogen-bond donors (Lipinski definition) is 5. The lowest BCUT2D eigenvalue weighted by Crippen LogP contribution is -2.59. The first-order valence-corrected chi connectivity index (χ1v) is 27.6. The van der Waals surface area contributed by atoms with Crippen LogP contribution in [0.3, 0.4) is 0 Å². The van der Waals surface area contributed by atoms with Crippen LogP contribution < -0.4 is 0 Å². The fourth-order valence-electron chi connectivity index (χ4n) is 11.4. The Morgan fingerprint density at radius 2 is 1.62 bits per heavy atom. The number of benzene rings is 1. The van der Waals surface area contributed by atoms with Crippen molar-refractivity contribution in [2.75, 3.05) is 48.1 Å². The molecule has 24 heteroatoms. The summed E-state index contributed by atoms with van der Waals surface area (Å²) < 4.78 is 66.8. The first-order valence-electron chi connectivity index (χ1n) is 27.6. The Balaban J connectivity index is 1.21. The van der Waals surface area contributed by atoms with Crippen molar-refractivity contribution in [3.8, 4) is 5.69 Å². The van der Waals surface area contributed by atoms with Crippen LogP contribution in [0.25, 0.3) is 5.69 Å². The monoisotopic (exact) mass is 1120 g/mol. The average molecular weight is 1120 g/mol. The summed E-state index contributed by atoms with van der Waals surface area (Å²) in [4.78, 5) is 29.5. The molecule has 446 valence electrons. The predicted octanol–water partition coefficient (Wildman–Crippen LogP) is 3.40. The Kier molecular flexibility index (Phi) is 22.1. The second-order valence-corrected chi connectivity index (χ2v) is 23.0. The predicted molar refractivity (Wildman–Crippen MR) is 284 cm³/mol. The Hall–Kier alpha value is -4.15. The SMILES string of the molecule is CC[C@H]1OC(=O)[C@H](C)[C@@H](O[C@H]2C[C@@](C)(OC)[C@@H](O)[C@H](C)O2)C[C@@H](O[C@@H]2O[C@H](C)C[C@H](N(C)CCc3cn([C@H](CF)[C@H](OC)c4ccc(-n5cc(COC(C)=O)nn5)cc4)nn3)[C@H]2O)[C@](C)(O)C[C@@H](C)CN(C)[C@H](C)[C@@H](O)[C@]1(C)O. The number of halogens is 1. The summed E-state index contributed by atoms with van der Waals surface area (Å²) in [6.07, 6.45) is -6.67. The third-order valence-corrected chi connectivity index (χ3v) is 16.6. The number of methoxy groups -OCH3 is 2. The van der Waals surface area contributed by atoms with E-state index in [0.29, 0.717) is 48.6 Å². The van der Waals surface area contributed by atoms with Crippen molar-refractivity contribution < 1.29 is 77.4 Å². The molecule has 1 aromatic carbocycles. The summed E-state index contributed by atoms with van der Waals surface area (Å²) in [6.45, 7) is 16.8. The van der Waals surface area contributed by atoms with Crippen LogP contribution >= 0.6 is 0 Å². The molecule has 0 aliphatic carbocycles. The highest BCUT2D eigenvalue weighted by Gasteiger charge is 2.51. The van der Waals surface area contributed by atoms with Crippen molar-refractivity contribution >= 4 is 11.9 Å². The molecule has 0 unspecified atom stereocenters. The number of carbonyl (C=O) groups excluding carboxylic acids is 2. The van der Waals surface area contributed by atoms with Crippen LogP contribution in [0.5, 0.6) is 0 Å². The Morgan fingerprint density at radius 1 is 0.937 bits per heavy atom. The number of cyclic esters (lactones) is 1. The molecule has 19 atom stereocenters. The molecule has 0 saturated carbocycles. The van der Waals surface area contributed by atoms with E-state index in [9.17, 15) is 39.5 Å². The van der Waals surface area contributed by atoms with Crippen LogP contribution in [0.1, 0.15) is 130 Å². The highest BCUT2D eigenvalue weighted by Crippen LogP contribution is 2.39. The van der Waals surface area contributed by atoms with E-state index >= 15 is 0 Å². The third-order valence-electron chi connectivity index (χ3n) is 16.6. The molecular formula is C55H89FN8O15. The van der Waals surface area contributed by atoms with Crippen molar-refractivity contribution in [3.63, 3.8) is 0 Å². The van der Waals surface area contributed by atoms with Gasteiger partial charge < -0.3 is 73.2 Å². The maximum absolute atomic E-state index is 15.0. The molecule has 3 saturated heterocycles. The zero-order chi connectivity index (χ0) is 58.3. The number of hydrogen-bond acceptors (Lipinski definition) is 21. The van der Waals surface area contributed by atoms with Gasteiger partial charge in [0.15, 0.2) is 12.6 Å². The number of aromatic nitrogens is 6. The zero-order valence-corrected chi connectivity index (χ0v) is 48.5. The maximum atomic E-state index is 15.0. The summed E-state index contributed by atoms with van der Waals surface area (Å²) in [7, 11) is 6.67. The second kappa shape index (κ2) is 27.3. The highest BCUT2D eigenvalue weighted by atomic mass is 19.1. The van der Waals surface area contributed by atoms with E-state index in [4.69, 9.17) is 37.9 Å². The van der Waals surface area contributed by atoms with Gasteiger partial charge in [0.05, 0.1) is 59.1 Å². The number of carbonyl (C=O) groups is 2. The molecule has 5 N–H and O–H groups in total. The number of ether oxygens (including phenoxy) is 8. The molecule has 5 heterocycles. The molecule has 79 heavy (non-hydrogen) atoms. The lowest BCUT2D eigenvalue weighted by atomic mass is 9.83. The largest absolute Gasteiger partial charge is 0.459 e. The van der Waals surface area contributed by atoms with Gasteiger partial charge in [0, 0.05) is 71.8 Å². The average Bonchev–Trinajstić information content (AvgIpc) is 4.11. The molecule has 6 rings (SSSR count). The van der Waals surface area contributed by atoms with Gasteiger partial charge in [-0.25, -0.2) is 13.8 Å². The first kappa shape index (κ1) is 64.0. The lowest BCUT2D eigenvalue weighted by molar-refractivity contribution is -0.308. The number of nitrogens with zero attached hydrogens (tertiary/aromatic N) is 8. The van der Waals surface area contributed by atoms with Gasteiger partial charge in [-0.15, -0.1) is 10.2 Å². The number of alkyl halides is 1. The van der Waals surface area contributed by atoms with Crippen LogP contribution in [0.15, 0.2) is 36.7 Å². The Morgan fingerprint density at radius 3 is 2.25 bits per heavy atom. The standard InChI is InChI=1S/C55H89FN8O15/c1-15-44-55(10,71)49(67)34(5)62(12)27-31(2)24-53(8,70)45(23-43(33(4)51(69)78-44)77-46-25-54(9,73-14)50(68)35(6)76-46)79-52-47(66)41(22-32(3)75-52)61(11)21-20-38-28-64(60-57-38)42(26-56)48(72-13)37-16-18-40(19-17-37)63-29-39(58-59-63)30-74-36(7)65/h16-19,28-29,31-35,41-50,52,66-68,70-71H,15,20-27,30H2,1-14H3/t31-,32-,33-,34-,35+,41+,42-,43+,44-,45-,46+,47-,48-,49-,50+,52+,53-,54-,55-/m1/s1. The van der Waals surface area contributed by atoms with E-state index < -0.39 is 127 Å². The minimum atomic E-state index is -1.86. The normalized spacial score (nSPS) is 36.5. The molecule has 0 bridgehead atoms.